The molecule has 140 valence electrons. The quantitative estimate of drug-likeness (QED) is 0.819. The normalized spacial score (nSPS) is 21.3. The first-order chi connectivity index (χ1) is 12.4. The lowest BCUT2D eigenvalue weighted by Gasteiger charge is -2.29. The van der Waals surface area contributed by atoms with Crippen molar-refractivity contribution in [1.29, 1.82) is 0 Å². The molecule has 1 aliphatic rings. The van der Waals surface area contributed by atoms with E-state index in [0.717, 1.165) is 4.88 Å². The standard InChI is InChI=1S/C17H23N5O3S/c1-4-14(24)13-5-11(23)7-21(13)17(25)16(10(2)3)22-8-12(19-20-22)15-6-18-9-26-15/h6,8-11,13,16,23H,4-5,7H2,1-3H3. The van der Waals surface area contributed by atoms with E-state index in [2.05, 4.69) is 15.3 Å². The van der Waals surface area contributed by atoms with Crippen molar-refractivity contribution in [1.82, 2.24) is 24.9 Å². The molecule has 9 heteroatoms. The number of β-amino-alcohol motifs (C(OH)–C–C–N with tert-alkyl or cyclic N) is 1. The molecule has 3 heterocycles. The summed E-state index contributed by atoms with van der Waals surface area (Å²) in [6.07, 6.45) is 3.41. The first-order valence-electron chi connectivity index (χ1n) is 8.74. The molecular formula is C17H23N5O3S. The van der Waals surface area contributed by atoms with Crippen LogP contribution in [0.5, 0.6) is 0 Å². The number of carbonyl (C=O) groups is 2. The number of likely N-dealkylation sites (tertiary alicyclic amines) is 1. The van der Waals surface area contributed by atoms with E-state index in [-0.39, 0.29) is 24.2 Å². The van der Waals surface area contributed by atoms with E-state index >= 15 is 0 Å². The lowest BCUT2D eigenvalue weighted by molar-refractivity contribution is -0.141. The number of rotatable bonds is 6. The average molecular weight is 377 g/mol. The van der Waals surface area contributed by atoms with E-state index in [1.807, 2.05) is 13.8 Å². The molecule has 1 fully saturated rings. The van der Waals surface area contributed by atoms with Gasteiger partial charge in [-0.3, -0.25) is 14.6 Å². The molecule has 8 nitrogen and oxygen atoms in total. The molecule has 3 rings (SSSR count). The van der Waals surface area contributed by atoms with Gasteiger partial charge in [-0.2, -0.15) is 0 Å². The average Bonchev–Trinajstić information content (AvgIpc) is 3.33. The lowest BCUT2D eigenvalue weighted by Crippen LogP contribution is -2.45. The number of carbonyl (C=O) groups excluding carboxylic acids is 2. The van der Waals surface area contributed by atoms with Crippen molar-refractivity contribution in [3.05, 3.63) is 17.9 Å². The molecule has 0 aliphatic carbocycles. The van der Waals surface area contributed by atoms with Crippen LogP contribution in [-0.2, 0) is 9.59 Å². The highest BCUT2D eigenvalue weighted by atomic mass is 32.1. The number of amides is 1. The van der Waals surface area contributed by atoms with Crippen LogP contribution in [0.25, 0.3) is 10.6 Å². The third-order valence-corrected chi connectivity index (χ3v) is 5.44. The number of aliphatic hydroxyl groups is 1. The summed E-state index contributed by atoms with van der Waals surface area (Å²) in [6.45, 7) is 5.81. The van der Waals surface area contributed by atoms with E-state index in [1.54, 1.807) is 29.5 Å². The molecule has 0 saturated carbocycles. The van der Waals surface area contributed by atoms with Gasteiger partial charge in [0.05, 0.1) is 28.7 Å². The lowest BCUT2D eigenvalue weighted by atomic mass is 10.0. The van der Waals surface area contributed by atoms with Crippen LogP contribution in [0, 0.1) is 5.92 Å². The molecule has 0 aromatic carbocycles. The van der Waals surface area contributed by atoms with Gasteiger partial charge < -0.3 is 10.0 Å². The molecule has 26 heavy (non-hydrogen) atoms. The molecule has 2 aromatic rings. The van der Waals surface area contributed by atoms with Gasteiger partial charge in [0.2, 0.25) is 5.91 Å². The summed E-state index contributed by atoms with van der Waals surface area (Å²) in [5.41, 5.74) is 2.38. The van der Waals surface area contributed by atoms with Gasteiger partial charge in [-0.05, 0) is 5.92 Å². The second-order valence-electron chi connectivity index (χ2n) is 6.85. The Morgan fingerprint density at radius 2 is 2.19 bits per heavy atom. The van der Waals surface area contributed by atoms with Gasteiger partial charge in [-0.15, -0.1) is 16.4 Å². The van der Waals surface area contributed by atoms with Crippen molar-refractivity contribution < 1.29 is 14.7 Å². The van der Waals surface area contributed by atoms with Gasteiger partial charge in [0.1, 0.15) is 11.7 Å². The van der Waals surface area contributed by atoms with Crippen LogP contribution < -0.4 is 0 Å². The van der Waals surface area contributed by atoms with E-state index in [4.69, 9.17) is 0 Å². The number of hydrogen-bond donors (Lipinski definition) is 1. The first-order valence-corrected chi connectivity index (χ1v) is 9.62. The number of aliphatic hydroxyl groups excluding tert-OH is 1. The molecule has 1 aliphatic heterocycles. The second kappa shape index (κ2) is 7.63. The van der Waals surface area contributed by atoms with Gasteiger partial charge in [0.25, 0.3) is 0 Å². The Labute approximate surface area is 155 Å². The van der Waals surface area contributed by atoms with Crippen LogP contribution >= 0.6 is 11.3 Å². The highest BCUT2D eigenvalue weighted by Gasteiger charge is 2.41. The number of ketones is 1. The van der Waals surface area contributed by atoms with Crippen LogP contribution in [0.1, 0.15) is 39.7 Å². The summed E-state index contributed by atoms with van der Waals surface area (Å²) in [7, 11) is 0. The molecule has 1 saturated heterocycles. The molecule has 0 radical (unpaired) electrons. The van der Waals surface area contributed by atoms with Gasteiger partial charge in [0.15, 0.2) is 5.78 Å². The maximum Gasteiger partial charge on any atom is 0.248 e. The van der Waals surface area contributed by atoms with E-state index in [9.17, 15) is 14.7 Å². The summed E-state index contributed by atoms with van der Waals surface area (Å²) in [5.74, 6) is -0.279. The zero-order valence-electron chi connectivity index (χ0n) is 15.1. The van der Waals surface area contributed by atoms with Gasteiger partial charge in [-0.25, -0.2) is 4.68 Å². The van der Waals surface area contributed by atoms with Crippen LogP contribution in [0.2, 0.25) is 0 Å². The smallest absolute Gasteiger partial charge is 0.248 e. The summed E-state index contributed by atoms with van der Waals surface area (Å²) in [5, 5.41) is 18.3. The fourth-order valence-electron chi connectivity index (χ4n) is 3.34. The minimum atomic E-state index is -0.671. The van der Waals surface area contributed by atoms with Crippen LogP contribution in [0.15, 0.2) is 17.9 Å². The van der Waals surface area contributed by atoms with E-state index in [1.165, 1.54) is 16.2 Å². The van der Waals surface area contributed by atoms with Gasteiger partial charge in [0, 0.05) is 25.6 Å². The number of thiazole rings is 1. The van der Waals surface area contributed by atoms with Crippen molar-refractivity contribution in [3.8, 4) is 10.6 Å². The first kappa shape index (κ1) is 18.7. The summed E-state index contributed by atoms with van der Waals surface area (Å²) in [6, 6.07) is -1.14. The monoisotopic (exact) mass is 377 g/mol. The largest absolute Gasteiger partial charge is 0.391 e. The molecular weight excluding hydrogens is 354 g/mol. The Morgan fingerprint density at radius 3 is 2.81 bits per heavy atom. The van der Waals surface area contributed by atoms with Crippen molar-refractivity contribution in [2.24, 2.45) is 5.92 Å². The Balaban J connectivity index is 1.88. The Kier molecular flexibility index (Phi) is 5.47. The third kappa shape index (κ3) is 3.54. The summed E-state index contributed by atoms with van der Waals surface area (Å²) in [4.78, 5) is 31.9. The summed E-state index contributed by atoms with van der Waals surface area (Å²) < 4.78 is 1.56. The number of nitrogens with zero attached hydrogens (tertiary/aromatic N) is 5. The Morgan fingerprint density at radius 1 is 1.42 bits per heavy atom. The topological polar surface area (TPSA) is 101 Å². The minimum absolute atomic E-state index is 0.0265. The zero-order chi connectivity index (χ0) is 18.8. The highest BCUT2D eigenvalue weighted by molar-refractivity contribution is 7.13. The predicted octanol–water partition coefficient (Wildman–Crippen LogP) is 1.54. The molecule has 1 N–H and O–H groups in total. The highest BCUT2D eigenvalue weighted by Crippen LogP contribution is 2.28. The maximum absolute atomic E-state index is 13.2. The van der Waals surface area contributed by atoms with E-state index in [0.29, 0.717) is 18.5 Å². The molecule has 1 amide bonds. The van der Waals surface area contributed by atoms with E-state index < -0.39 is 18.2 Å². The van der Waals surface area contributed by atoms with Crippen LogP contribution in [0.3, 0.4) is 0 Å². The maximum atomic E-state index is 13.2. The zero-order valence-corrected chi connectivity index (χ0v) is 15.9. The van der Waals surface area contributed by atoms with Crippen molar-refractivity contribution in [2.75, 3.05) is 6.54 Å². The number of hydrogen-bond acceptors (Lipinski definition) is 7. The molecule has 0 spiro atoms. The molecule has 0 bridgehead atoms. The molecule has 2 aromatic heterocycles. The van der Waals surface area contributed by atoms with Crippen molar-refractivity contribution >= 4 is 23.0 Å². The minimum Gasteiger partial charge on any atom is -0.391 e. The van der Waals surface area contributed by atoms with Crippen LogP contribution in [0.4, 0.5) is 0 Å². The van der Waals surface area contributed by atoms with Gasteiger partial charge in [-0.1, -0.05) is 26.0 Å². The Bertz CT molecular complexity index is 773. The summed E-state index contributed by atoms with van der Waals surface area (Å²) >= 11 is 1.45. The number of aromatic nitrogens is 4. The van der Waals surface area contributed by atoms with Crippen molar-refractivity contribution in [2.45, 2.75) is 51.8 Å². The second-order valence-corrected chi connectivity index (χ2v) is 7.74. The van der Waals surface area contributed by atoms with Gasteiger partial charge >= 0.3 is 0 Å². The predicted molar refractivity (Wildman–Crippen MR) is 96.4 cm³/mol. The molecule has 3 atom stereocenters. The van der Waals surface area contributed by atoms with Crippen LogP contribution in [-0.4, -0.2) is 60.4 Å². The van der Waals surface area contributed by atoms with Crippen molar-refractivity contribution in [3.63, 3.8) is 0 Å². The SMILES string of the molecule is CCC(=O)C1CC(O)CN1C(=O)C(C(C)C)n1cc(-c2cncs2)nn1. The molecule has 3 unspecified atom stereocenters. The number of Topliss-reactive ketones (excluding diaryl/α,β-unsaturated/α-hetero) is 1. The third-order valence-electron chi connectivity index (χ3n) is 4.65. The fraction of sp³-hybridized carbons (Fsp3) is 0.588. The Hall–Kier alpha value is -2.13. The fourth-order valence-corrected chi connectivity index (χ4v) is 3.91.